The lowest BCUT2D eigenvalue weighted by molar-refractivity contribution is 0.191. The smallest absolute Gasteiger partial charge is 0.131 e. The molecule has 1 aromatic rings. The van der Waals surface area contributed by atoms with E-state index in [2.05, 4.69) is 35.1 Å². The molecule has 0 spiro atoms. The van der Waals surface area contributed by atoms with E-state index in [0.717, 1.165) is 45.0 Å². The van der Waals surface area contributed by atoms with Gasteiger partial charge in [-0.1, -0.05) is 6.92 Å². The van der Waals surface area contributed by atoms with Gasteiger partial charge < -0.3 is 19.7 Å². The Morgan fingerprint density at radius 2 is 1.95 bits per heavy atom. The zero-order chi connectivity index (χ0) is 15.5. The highest BCUT2D eigenvalue weighted by Crippen LogP contribution is 2.18. The standard InChI is InChI=1S/C16H29N3O2/c1-5-17-12-15-11-14(2)16(18-13-15)19(8-10-21-4)7-6-9-20-3/h11,13,17H,5-10,12H2,1-4H3. The zero-order valence-corrected chi connectivity index (χ0v) is 13.8. The van der Waals surface area contributed by atoms with Crippen molar-refractivity contribution in [3.63, 3.8) is 0 Å². The van der Waals surface area contributed by atoms with Gasteiger partial charge in [-0.05, 0) is 37.1 Å². The molecule has 0 aliphatic heterocycles. The molecule has 0 saturated heterocycles. The SMILES string of the molecule is CCNCc1cnc(N(CCCOC)CCOC)c(C)c1. The Kier molecular flexibility index (Phi) is 8.98. The van der Waals surface area contributed by atoms with E-state index in [0.29, 0.717) is 6.61 Å². The lowest BCUT2D eigenvalue weighted by atomic mass is 10.2. The first-order valence-corrected chi connectivity index (χ1v) is 7.62. The normalized spacial score (nSPS) is 10.9. The minimum atomic E-state index is 0.702. The Morgan fingerprint density at radius 3 is 2.57 bits per heavy atom. The molecule has 5 heteroatoms. The molecule has 0 radical (unpaired) electrons. The monoisotopic (exact) mass is 295 g/mol. The summed E-state index contributed by atoms with van der Waals surface area (Å²) >= 11 is 0. The highest BCUT2D eigenvalue weighted by molar-refractivity contribution is 5.47. The van der Waals surface area contributed by atoms with Gasteiger partial charge in [0.05, 0.1) is 6.61 Å². The van der Waals surface area contributed by atoms with Gasteiger partial charge >= 0.3 is 0 Å². The molecule has 1 rings (SSSR count). The number of pyridine rings is 1. The summed E-state index contributed by atoms with van der Waals surface area (Å²) in [5.41, 5.74) is 2.43. The molecule has 1 heterocycles. The molecule has 120 valence electrons. The Balaban J connectivity index is 2.75. The molecule has 5 nitrogen and oxygen atoms in total. The molecular formula is C16H29N3O2. The molecule has 0 unspecified atom stereocenters. The maximum absolute atomic E-state index is 5.21. The Bertz CT molecular complexity index is 399. The van der Waals surface area contributed by atoms with Crippen LogP contribution in [0.1, 0.15) is 24.5 Å². The van der Waals surface area contributed by atoms with Gasteiger partial charge in [0, 0.05) is 46.7 Å². The van der Waals surface area contributed by atoms with Crippen molar-refractivity contribution in [1.29, 1.82) is 0 Å². The number of rotatable bonds is 11. The summed E-state index contributed by atoms with van der Waals surface area (Å²) in [6, 6.07) is 2.21. The number of nitrogens with one attached hydrogen (secondary N) is 1. The van der Waals surface area contributed by atoms with Crippen LogP contribution in [0.4, 0.5) is 5.82 Å². The second-order valence-electron chi connectivity index (χ2n) is 5.09. The van der Waals surface area contributed by atoms with Crippen LogP contribution < -0.4 is 10.2 Å². The average Bonchev–Trinajstić information content (AvgIpc) is 2.49. The number of hydrogen-bond acceptors (Lipinski definition) is 5. The first kappa shape index (κ1) is 17.9. The minimum absolute atomic E-state index is 0.702. The van der Waals surface area contributed by atoms with E-state index in [1.165, 1.54) is 11.1 Å². The minimum Gasteiger partial charge on any atom is -0.385 e. The summed E-state index contributed by atoms with van der Waals surface area (Å²) in [5, 5.41) is 3.33. The van der Waals surface area contributed by atoms with Crippen molar-refractivity contribution in [2.75, 3.05) is 52.0 Å². The summed E-state index contributed by atoms with van der Waals surface area (Å²) in [6.45, 7) is 9.31. The molecule has 0 aliphatic carbocycles. The first-order chi connectivity index (χ1) is 10.2. The third-order valence-corrected chi connectivity index (χ3v) is 3.33. The highest BCUT2D eigenvalue weighted by atomic mass is 16.5. The van der Waals surface area contributed by atoms with Crippen molar-refractivity contribution in [3.8, 4) is 0 Å². The van der Waals surface area contributed by atoms with Crippen LogP contribution in [0.15, 0.2) is 12.3 Å². The number of aryl methyl sites for hydroxylation is 1. The van der Waals surface area contributed by atoms with E-state index in [4.69, 9.17) is 9.47 Å². The number of anilines is 1. The molecule has 0 bridgehead atoms. The van der Waals surface area contributed by atoms with Crippen LogP contribution in [0.2, 0.25) is 0 Å². The predicted molar refractivity (Wildman–Crippen MR) is 86.9 cm³/mol. The van der Waals surface area contributed by atoms with Crippen molar-refractivity contribution in [3.05, 3.63) is 23.4 Å². The predicted octanol–water partition coefficient (Wildman–Crippen LogP) is 1.99. The van der Waals surface area contributed by atoms with E-state index in [9.17, 15) is 0 Å². The number of methoxy groups -OCH3 is 2. The second kappa shape index (κ2) is 10.5. The molecule has 21 heavy (non-hydrogen) atoms. The largest absolute Gasteiger partial charge is 0.385 e. The topological polar surface area (TPSA) is 46.6 Å². The van der Waals surface area contributed by atoms with Gasteiger partial charge in [0.2, 0.25) is 0 Å². The van der Waals surface area contributed by atoms with E-state index in [-0.39, 0.29) is 0 Å². The van der Waals surface area contributed by atoms with Gasteiger partial charge in [0.1, 0.15) is 5.82 Å². The first-order valence-electron chi connectivity index (χ1n) is 7.62. The summed E-state index contributed by atoms with van der Waals surface area (Å²) < 4.78 is 10.3. The van der Waals surface area contributed by atoms with Crippen LogP contribution in [0, 0.1) is 6.92 Å². The summed E-state index contributed by atoms with van der Waals surface area (Å²) in [5.74, 6) is 1.04. The van der Waals surface area contributed by atoms with Crippen LogP contribution in [0.5, 0.6) is 0 Å². The maximum Gasteiger partial charge on any atom is 0.131 e. The summed E-state index contributed by atoms with van der Waals surface area (Å²) in [4.78, 5) is 6.93. The molecule has 0 fully saturated rings. The lowest BCUT2D eigenvalue weighted by Crippen LogP contribution is -2.30. The van der Waals surface area contributed by atoms with Gasteiger partial charge in [0.25, 0.3) is 0 Å². The highest BCUT2D eigenvalue weighted by Gasteiger charge is 2.11. The molecule has 0 amide bonds. The third-order valence-electron chi connectivity index (χ3n) is 3.33. The molecular weight excluding hydrogens is 266 g/mol. The van der Waals surface area contributed by atoms with E-state index >= 15 is 0 Å². The average molecular weight is 295 g/mol. The van der Waals surface area contributed by atoms with E-state index < -0.39 is 0 Å². The fourth-order valence-corrected chi connectivity index (χ4v) is 2.25. The van der Waals surface area contributed by atoms with Crippen molar-refractivity contribution >= 4 is 5.82 Å². The molecule has 0 atom stereocenters. The van der Waals surface area contributed by atoms with Crippen LogP contribution >= 0.6 is 0 Å². The zero-order valence-electron chi connectivity index (χ0n) is 13.8. The summed E-state index contributed by atoms with van der Waals surface area (Å²) in [7, 11) is 3.46. The fraction of sp³-hybridized carbons (Fsp3) is 0.688. The quantitative estimate of drug-likeness (QED) is 0.633. The van der Waals surface area contributed by atoms with Gasteiger partial charge in [-0.2, -0.15) is 0 Å². The van der Waals surface area contributed by atoms with Gasteiger partial charge in [-0.25, -0.2) is 4.98 Å². The third kappa shape index (κ3) is 6.42. The van der Waals surface area contributed by atoms with Crippen LogP contribution in [-0.4, -0.2) is 52.1 Å². The fourth-order valence-electron chi connectivity index (χ4n) is 2.25. The molecule has 1 aromatic heterocycles. The molecule has 1 N–H and O–H groups in total. The molecule has 0 saturated carbocycles. The number of aromatic nitrogens is 1. The Hall–Kier alpha value is -1.17. The molecule has 0 aromatic carbocycles. The lowest BCUT2D eigenvalue weighted by Gasteiger charge is -2.25. The van der Waals surface area contributed by atoms with Crippen molar-refractivity contribution < 1.29 is 9.47 Å². The van der Waals surface area contributed by atoms with Crippen LogP contribution in [0.3, 0.4) is 0 Å². The van der Waals surface area contributed by atoms with Gasteiger partial charge in [-0.15, -0.1) is 0 Å². The van der Waals surface area contributed by atoms with E-state index in [1.54, 1.807) is 14.2 Å². The van der Waals surface area contributed by atoms with Gasteiger partial charge in [0.15, 0.2) is 0 Å². The van der Waals surface area contributed by atoms with Crippen LogP contribution in [0.25, 0.3) is 0 Å². The second-order valence-corrected chi connectivity index (χ2v) is 5.09. The number of nitrogens with zero attached hydrogens (tertiary/aromatic N) is 2. The van der Waals surface area contributed by atoms with Crippen molar-refractivity contribution in [1.82, 2.24) is 10.3 Å². The number of ether oxygens (including phenoxy) is 2. The maximum atomic E-state index is 5.21. The van der Waals surface area contributed by atoms with E-state index in [1.807, 2.05) is 6.20 Å². The van der Waals surface area contributed by atoms with Crippen LogP contribution in [-0.2, 0) is 16.0 Å². The Morgan fingerprint density at radius 1 is 1.19 bits per heavy atom. The molecule has 0 aliphatic rings. The Labute approximate surface area is 128 Å². The van der Waals surface area contributed by atoms with Crippen molar-refractivity contribution in [2.45, 2.75) is 26.8 Å². The number of hydrogen-bond donors (Lipinski definition) is 1. The summed E-state index contributed by atoms with van der Waals surface area (Å²) in [6.07, 6.45) is 2.95. The van der Waals surface area contributed by atoms with Crippen molar-refractivity contribution in [2.24, 2.45) is 0 Å². The van der Waals surface area contributed by atoms with Gasteiger partial charge in [-0.3, -0.25) is 0 Å².